The normalized spacial score (nSPS) is 24.9. The van der Waals surface area contributed by atoms with Crippen LogP contribution in [0.4, 0.5) is 0 Å². The number of nitrogens with zero attached hydrogens (tertiary/aromatic N) is 3. The minimum atomic E-state index is -1.06. The second-order valence-electron chi connectivity index (χ2n) is 4.05. The Balaban J connectivity index is 2.37. The fraction of sp³-hybridized carbons (Fsp3) is 0.700. The molecule has 0 amide bonds. The van der Waals surface area contributed by atoms with Gasteiger partial charge in [0, 0.05) is 0 Å². The van der Waals surface area contributed by atoms with Crippen molar-refractivity contribution >= 4 is 5.97 Å². The lowest BCUT2D eigenvalue weighted by Crippen LogP contribution is -2.21. The monoisotopic (exact) mass is 225 g/mol. The average Bonchev–Trinajstić information content (AvgIpc) is 2.82. The van der Waals surface area contributed by atoms with E-state index in [9.17, 15) is 9.90 Å². The molecule has 6 nitrogen and oxygen atoms in total. The predicted octanol–water partition coefficient (Wildman–Crippen LogP) is 0.625. The van der Waals surface area contributed by atoms with E-state index in [2.05, 4.69) is 10.3 Å². The molecule has 1 aliphatic carbocycles. The third kappa shape index (κ3) is 1.69. The molecule has 0 aliphatic heterocycles. The molecule has 0 bridgehead atoms. The van der Waals surface area contributed by atoms with Crippen LogP contribution < -0.4 is 0 Å². The molecule has 88 valence electrons. The molecule has 1 fully saturated rings. The maximum atomic E-state index is 10.9. The van der Waals surface area contributed by atoms with Crippen LogP contribution in [-0.4, -0.2) is 37.3 Å². The smallest absolute Gasteiger partial charge is 0.358 e. The Morgan fingerprint density at radius 3 is 2.81 bits per heavy atom. The number of rotatable bonds is 3. The van der Waals surface area contributed by atoms with Crippen molar-refractivity contribution in [2.24, 2.45) is 0 Å². The highest BCUT2D eigenvalue weighted by atomic mass is 16.4. The summed E-state index contributed by atoms with van der Waals surface area (Å²) in [5.41, 5.74) is 0.597. The van der Waals surface area contributed by atoms with Gasteiger partial charge in [-0.05, 0) is 25.7 Å². The highest BCUT2D eigenvalue weighted by molar-refractivity contribution is 5.86. The molecule has 2 N–H and O–H groups in total. The summed E-state index contributed by atoms with van der Waals surface area (Å²) in [5.74, 6) is -1.06. The Kier molecular flexibility index (Phi) is 2.91. The predicted molar refractivity (Wildman–Crippen MR) is 55.3 cm³/mol. The van der Waals surface area contributed by atoms with Crippen LogP contribution in [0.15, 0.2) is 0 Å². The number of aliphatic hydroxyl groups is 1. The number of aromatic carboxylic acids is 1. The third-order valence-electron chi connectivity index (χ3n) is 3.09. The van der Waals surface area contributed by atoms with Crippen molar-refractivity contribution in [3.05, 3.63) is 11.4 Å². The first-order valence-electron chi connectivity index (χ1n) is 5.50. The van der Waals surface area contributed by atoms with Crippen LogP contribution in [0.1, 0.15) is 48.4 Å². The molecule has 1 aromatic heterocycles. The van der Waals surface area contributed by atoms with Gasteiger partial charge in [0.2, 0.25) is 0 Å². The van der Waals surface area contributed by atoms with Crippen LogP contribution in [-0.2, 0) is 6.42 Å². The van der Waals surface area contributed by atoms with Gasteiger partial charge in [0.15, 0.2) is 5.69 Å². The summed E-state index contributed by atoms with van der Waals surface area (Å²) >= 11 is 0. The molecule has 0 saturated heterocycles. The summed E-state index contributed by atoms with van der Waals surface area (Å²) in [6.07, 6.45) is 2.63. The zero-order valence-electron chi connectivity index (χ0n) is 9.13. The first-order chi connectivity index (χ1) is 7.65. The average molecular weight is 225 g/mol. The lowest BCUT2D eigenvalue weighted by Gasteiger charge is -2.16. The van der Waals surface area contributed by atoms with Crippen LogP contribution >= 0.6 is 0 Å². The fourth-order valence-corrected chi connectivity index (χ4v) is 2.28. The van der Waals surface area contributed by atoms with Gasteiger partial charge in [-0.3, -0.25) is 0 Å². The molecular formula is C10H15N3O3. The molecule has 0 aromatic carbocycles. The zero-order chi connectivity index (χ0) is 11.7. The van der Waals surface area contributed by atoms with Crippen molar-refractivity contribution in [1.82, 2.24) is 15.0 Å². The van der Waals surface area contributed by atoms with E-state index >= 15 is 0 Å². The number of aromatic nitrogens is 3. The third-order valence-corrected chi connectivity index (χ3v) is 3.09. The molecule has 6 heteroatoms. The Hall–Kier alpha value is -1.43. The molecule has 1 saturated carbocycles. The number of carbonyl (C=O) groups is 1. The molecule has 2 unspecified atom stereocenters. The summed E-state index contributed by atoms with van der Waals surface area (Å²) < 4.78 is 1.58. The van der Waals surface area contributed by atoms with E-state index < -0.39 is 12.1 Å². The van der Waals surface area contributed by atoms with E-state index in [1.54, 1.807) is 4.68 Å². The Labute approximate surface area is 92.9 Å². The number of carboxylic acids is 1. The van der Waals surface area contributed by atoms with E-state index in [-0.39, 0.29) is 11.7 Å². The second-order valence-corrected chi connectivity index (χ2v) is 4.05. The molecule has 1 heterocycles. The van der Waals surface area contributed by atoms with Gasteiger partial charge in [-0.25, -0.2) is 9.48 Å². The van der Waals surface area contributed by atoms with Crippen LogP contribution in [0.25, 0.3) is 0 Å². The Morgan fingerprint density at radius 1 is 1.56 bits per heavy atom. The minimum Gasteiger partial charge on any atom is -0.476 e. The van der Waals surface area contributed by atoms with E-state index in [0.717, 1.165) is 19.3 Å². The van der Waals surface area contributed by atoms with E-state index in [1.165, 1.54) is 0 Å². The largest absolute Gasteiger partial charge is 0.476 e. The Morgan fingerprint density at radius 2 is 2.31 bits per heavy atom. The molecular weight excluding hydrogens is 210 g/mol. The zero-order valence-corrected chi connectivity index (χ0v) is 9.13. The van der Waals surface area contributed by atoms with E-state index in [4.69, 9.17) is 5.11 Å². The highest BCUT2D eigenvalue weighted by Gasteiger charge is 2.31. The van der Waals surface area contributed by atoms with Crippen molar-refractivity contribution in [2.75, 3.05) is 0 Å². The van der Waals surface area contributed by atoms with Gasteiger partial charge in [-0.1, -0.05) is 12.1 Å². The Bertz CT molecular complexity index is 402. The summed E-state index contributed by atoms with van der Waals surface area (Å²) in [4.78, 5) is 10.9. The summed E-state index contributed by atoms with van der Waals surface area (Å²) in [6.45, 7) is 1.86. The standard InChI is InChI=1S/C10H15N3O3/c1-2-6-9(10(15)16)11-12-13(6)7-4-3-5-8(7)14/h7-8,14H,2-5H2,1H3,(H,15,16). The van der Waals surface area contributed by atoms with Crippen molar-refractivity contribution < 1.29 is 15.0 Å². The molecule has 1 aliphatic rings. The van der Waals surface area contributed by atoms with E-state index in [0.29, 0.717) is 12.1 Å². The van der Waals surface area contributed by atoms with Crippen LogP contribution in [0.3, 0.4) is 0 Å². The van der Waals surface area contributed by atoms with Gasteiger partial charge in [0.25, 0.3) is 0 Å². The number of carboxylic acid groups (broad SMARTS) is 1. The summed E-state index contributed by atoms with van der Waals surface area (Å²) in [6, 6.07) is -0.115. The van der Waals surface area contributed by atoms with E-state index in [1.807, 2.05) is 6.92 Å². The maximum Gasteiger partial charge on any atom is 0.358 e. The van der Waals surface area contributed by atoms with Crippen molar-refractivity contribution in [1.29, 1.82) is 0 Å². The van der Waals surface area contributed by atoms with Crippen molar-refractivity contribution in [3.63, 3.8) is 0 Å². The lowest BCUT2D eigenvalue weighted by molar-refractivity contribution is 0.0688. The second kappa shape index (κ2) is 4.21. The highest BCUT2D eigenvalue weighted by Crippen LogP contribution is 2.30. The topological polar surface area (TPSA) is 88.2 Å². The van der Waals surface area contributed by atoms with Gasteiger partial charge in [0.05, 0.1) is 17.8 Å². The number of aliphatic hydroxyl groups excluding tert-OH is 1. The van der Waals surface area contributed by atoms with Gasteiger partial charge >= 0.3 is 5.97 Å². The van der Waals surface area contributed by atoms with Crippen molar-refractivity contribution in [2.45, 2.75) is 44.8 Å². The van der Waals surface area contributed by atoms with Crippen LogP contribution in [0.5, 0.6) is 0 Å². The number of hydrogen-bond acceptors (Lipinski definition) is 4. The summed E-state index contributed by atoms with van der Waals surface area (Å²) in [7, 11) is 0. The molecule has 0 radical (unpaired) electrons. The van der Waals surface area contributed by atoms with Gasteiger partial charge in [-0.2, -0.15) is 0 Å². The lowest BCUT2D eigenvalue weighted by atomic mass is 10.2. The van der Waals surface area contributed by atoms with Gasteiger partial charge in [0.1, 0.15) is 0 Å². The first-order valence-corrected chi connectivity index (χ1v) is 5.50. The number of hydrogen-bond donors (Lipinski definition) is 2. The van der Waals surface area contributed by atoms with Crippen LogP contribution in [0.2, 0.25) is 0 Å². The molecule has 0 spiro atoms. The maximum absolute atomic E-state index is 10.9. The van der Waals surface area contributed by atoms with Crippen LogP contribution in [0, 0.1) is 0 Å². The summed E-state index contributed by atoms with van der Waals surface area (Å²) in [5, 5.41) is 26.2. The fourth-order valence-electron chi connectivity index (χ4n) is 2.28. The van der Waals surface area contributed by atoms with Gasteiger partial charge < -0.3 is 10.2 Å². The van der Waals surface area contributed by atoms with Gasteiger partial charge in [-0.15, -0.1) is 5.10 Å². The SMILES string of the molecule is CCc1c(C(=O)O)nnn1C1CCCC1O. The minimum absolute atomic E-state index is 0.00148. The molecule has 2 atom stereocenters. The van der Waals surface area contributed by atoms with Crippen molar-refractivity contribution in [3.8, 4) is 0 Å². The molecule has 1 aromatic rings. The molecule has 16 heavy (non-hydrogen) atoms. The quantitative estimate of drug-likeness (QED) is 0.787. The molecule has 2 rings (SSSR count). The first kappa shape index (κ1) is 11.1.